The van der Waals surface area contributed by atoms with Crippen LogP contribution in [0, 0.1) is 9.39 Å². The van der Waals surface area contributed by atoms with E-state index in [2.05, 4.69) is 22.6 Å². The Kier molecular flexibility index (Phi) is 6.71. The second-order valence-corrected chi connectivity index (χ2v) is 8.05. The highest BCUT2D eigenvalue weighted by molar-refractivity contribution is 14.1. The fraction of sp³-hybridized carbons (Fsp3) is 0.190. The van der Waals surface area contributed by atoms with Crippen molar-refractivity contribution >= 4 is 57.8 Å². The Hall–Kier alpha value is -2.53. The lowest BCUT2D eigenvalue weighted by Gasteiger charge is -2.31. The molecule has 1 aliphatic heterocycles. The lowest BCUT2D eigenvalue weighted by atomic mass is 10.1. The first-order valence-electron chi connectivity index (χ1n) is 8.79. The van der Waals surface area contributed by atoms with Crippen LogP contribution in [0.4, 0.5) is 4.39 Å². The molecule has 0 atom stereocenters. The van der Waals surface area contributed by atoms with E-state index in [-0.39, 0.29) is 23.1 Å². The Bertz CT molecular complexity index is 1050. The highest BCUT2D eigenvalue weighted by Crippen LogP contribution is 2.35. The van der Waals surface area contributed by atoms with E-state index in [0.29, 0.717) is 26.2 Å². The summed E-state index contributed by atoms with van der Waals surface area (Å²) in [7, 11) is 4.54. The summed E-state index contributed by atoms with van der Waals surface area (Å²) < 4.78 is 25.4. The minimum absolute atomic E-state index is 0.000109. The molecule has 156 valence electrons. The number of benzene rings is 2. The van der Waals surface area contributed by atoms with Gasteiger partial charge in [0.2, 0.25) is 0 Å². The average Bonchev–Trinajstić information content (AvgIpc) is 2.73. The molecule has 2 aromatic carbocycles. The summed E-state index contributed by atoms with van der Waals surface area (Å²) in [5.41, 5.74) is 1.28. The zero-order valence-electron chi connectivity index (χ0n) is 16.4. The van der Waals surface area contributed by atoms with Gasteiger partial charge >= 0.3 is 0 Å². The number of nitrogens with zero attached hydrogens (tertiary/aromatic N) is 2. The van der Waals surface area contributed by atoms with Gasteiger partial charge in [0.15, 0.2) is 16.6 Å². The first-order valence-corrected chi connectivity index (χ1v) is 10.3. The quantitative estimate of drug-likeness (QED) is 0.251. The van der Waals surface area contributed by atoms with Gasteiger partial charge < -0.3 is 9.47 Å². The molecule has 9 heteroatoms. The average molecular weight is 540 g/mol. The van der Waals surface area contributed by atoms with Gasteiger partial charge in [-0.2, -0.15) is 0 Å². The fourth-order valence-corrected chi connectivity index (χ4v) is 3.83. The minimum atomic E-state index is -0.469. The maximum atomic E-state index is 13.4. The Labute approximate surface area is 192 Å². The van der Waals surface area contributed by atoms with Gasteiger partial charge in [-0.15, -0.1) is 0 Å². The van der Waals surface area contributed by atoms with E-state index < -0.39 is 11.8 Å². The van der Waals surface area contributed by atoms with Crippen molar-refractivity contribution in [2.45, 2.75) is 6.61 Å². The lowest BCUT2D eigenvalue weighted by Crippen LogP contribution is -2.52. The zero-order valence-corrected chi connectivity index (χ0v) is 19.4. The van der Waals surface area contributed by atoms with Gasteiger partial charge in [0, 0.05) is 14.1 Å². The van der Waals surface area contributed by atoms with E-state index >= 15 is 0 Å². The van der Waals surface area contributed by atoms with Crippen molar-refractivity contribution in [3.8, 4) is 11.5 Å². The molecule has 2 amide bonds. The Morgan fingerprint density at radius 1 is 1.13 bits per heavy atom. The third-order valence-electron chi connectivity index (χ3n) is 4.48. The third kappa shape index (κ3) is 4.46. The monoisotopic (exact) mass is 540 g/mol. The van der Waals surface area contributed by atoms with Gasteiger partial charge in [-0.25, -0.2) is 4.39 Å². The van der Waals surface area contributed by atoms with Crippen molar-refractivity contribution < 1.29 is 23.5 Å². The van der Waals surface area contributed by atoms with Crippen molar-refractivity contribution in [3.63, 3.8) is 0 Å². The van der Waals surface area contributed by atoms with Crippen LogP contribution in [0.2, 0.25) is 0 Å². The van der Waals surface area contributed by atoms with Crippen molar-refractivity contribution in [2.75, 3.05) is 21.2 Å². The van der Waals surface area contributed by atoms with Gasteiger partial charge in [0.25, 0.3) is 11.8 Å². The summed E-state index contributed by atoms with van der Waals surface area (Å²) in [5.74, 6) is -0.359. The van der Waals surface area contributed by atoms with Crippen LogP contribution < -0.4 is 9.47 Å². The highest BCUT2D eigenvalue weighted by atomic mass is 127. The molecule has 0 bridgehead atoms. The van der Waals surface area contributed by atoms with Crippen LogP contribution in [0.25, 0.3) is 6.08 Å². The number of carbonyl (C=O) groups excluding carboxylic acids is 2. The summed E-state index contributed by atoms with van der Waals surface area (Å²) in [6.45, 7) is 0.161. The number of hydrogen-bond donors (Lipinski definition) is 0. The molecule has 1 saturated heterocycles. The molecule has 1 aliphatic rings. The summed E-state index contributed by atoms with van der Waals surface area (Å²) in [5, 5.41) is 0.149. The number of rotatable bonds is 5. The molecule has 0 N–H and O–H groups in total. The molecule has 0 unspecified atom stereocenters. The van der Waals surface area contributed by atoms with Crippen molar-refractivity contribution in [1.82, 2.24) is 9.80 Å². The molecule has 1 fully saturated rings. The highest BCUT2D eigenvalue weighted by Gasteiger charge is 2.35. The number of ether oxygens (including phenoxy) is 2. The first-order chi connectivity index (χ1) is 14.2. The molecule has 0 radical (unpaired) electrons. The molecular weight excluding hydrogens is 522 g/mol. The van der Waals surface area contributed by atoms with E-state index in [9.17, 15) is 14.0 Å². The Morgan fingerprint density at radius 2 is 1.80 bits per heavy atom. The molecule has 3 rings (SSSR count). The summed E-state index contributed by atoms with van der Waals surface area (Å²) in [4.78, 5) is 27.5. The van der Waals surface area contributed by atoms with Crippen molar-refractivity contribution in [1.29, 1.82) is 0 Å². The van der Waals surface area contributed by atoms with E-state index in [0.717, 1.165) is 0 Å². The van der Waals surface area contributed by atoms with E-state index in [1.165, 1.54) is 49.2 Å². The number of amides is 2. The minimum Gasteiger partial charge on any atom is -0.493 e. The summed E-state index contributed by atoms with van der Waals surface area (Å²) in [6, 6.07) is 9.58. The molecule has 0 aromatic heterocycles. The largest absolute Gasteiger partial charge is 0.493 e. The van der Waals surface area contributed by atoms with Crippen LogP contribution in [0.15, 0.2) is 42.0 Å². The maximum absolute atomic E-state index is 13.4. The molecule has 0 aliphatic carbocycles. The van der Waals surface area contributed by atoms with Crippen molar-refractivity contribution in [3.05, 3.63) is 62.5 Å². The standard InChI is InChI=1S/C21H18FIN2O4S/c1-24-19(26)15(20(27)25(2)21(24)30)8-13-9-16(23)18(17(10-13)28-3)29-11-12-5-4-6-14(22)7-12/h4-10H,11H2,1-3H3. The van der Waals surface area contributed by atoms with Crippen LogP contribution in [0.1, 0.15) is 11.1 Å². The van der Waals surface area contributed by atoms with Crippen LogP contribution >= 0.6 is 34.8 Å². The van der Waals surface area contributed by atoms with Crippen LogP contribution in [-0.4, -0.2) is 47.9 Å². The smallest absolute Gasteiger partial charge is 0.265 e. The number of carbonyl (C=O) groups is 2. The fourth-order valence-electron chi connectivity index (χ4n) is 2.89. The van der Waals surface area contributed by atoms with Crippen LogP contribution in [0.5, 0.6) is 11.5 Å². The molecule has 2 aromatic rings. The van der Waals surface area contributed by atoms with Gasteiger partial charge in [-0.3, -0.25) is 19.4 Å². The topological polar surface area (TPSA) is 59.1 Å². The lowest BCUT2D eigenvalue weighted by molar-refractivity contribution is -0.132. The maximum Gasteiger partial charge on any atom is 0.265 e. The second-order valence-electron chi connectivity index (χ2n) is 6.52. The van der Waals surface area contributed by atoms with Crippen LogP contribution in [-0.2, 0) is 16.2 Å². The van der Waals surface area contributed by atoms with E-state index in [1.807, 2.05) is 0 Å². The molecule has 1 heterocycles. The Morgan fingerprint density at radius 3 is 2.40 bits per heavy atom. The van der Waals surface area contributed by atoms with Gasteiger partial charge in [0.05, 0.1) is 10.7 Å². The van der Waals surface area contributed by atoms with Crippen molar-refractivity contribution in [2.24, 2.45) is 0 Å². The SMILES string of the molecule is COc1cc(C=C2C(=O)N(C)C(=S)N(C)C2=O)cc(I)c1OCc1cccc(F)c1. The molecule has 6 nitrogen and oxygen atoms in total. The predicted molar refractivity (Wildman–Crippen MR) is 123 cm³/mol. The predicted octanol–water partition coefficient (Wildman–Crippen LogP) is 3.62. The normalized spacial score (nSPS) is 14.3. The number of methoxy groups -OCH3 is 1. The van der Waals surface area contributed by atoms with Crippen LogP contribution in [0.3, 0.4) is 0 Å². The first kappa shape index (κ1) is 22.2. The van der Waals surface area contributed by atoms with E-state index in [4.69, 9.17) is 21.7 Å². The van der Waals surface area contributed by atoms with Gasteiger partial charge in [-0.05, 0) is 76.3 Å². The third-order valence-corrected chi connectivity index (χ3v) is 5.83. The molecule has 30 heavy (non-hydrogen) atoms. The molecular formula is C21H18FIN2O4S. The summed E-state index contributed by atoms with van der Waals surface area (Å²) in [6.07, 6.45) is 1.50. The van der Waals surface area contributed by atoms with Gasteiger partial charge in [-0.1, -0.05) is 12.1 Å². The molecule has 0 saturated carbocycles. The number of hydrogen-bond acceptors (Lipinski definition) is 5. The number of likely N-dealkylation sites (N-methyl/N-ethyl adjacent to an activating group) is 2. The van der Waals surface area contributed by atoms with E-state index in [1.54, 1.807) is 24.3 Å². The number of thiocarbonyl (C=S) groups is 1. The Balaban J connectivity index is 1.91. The summed E-state index contributed by atoms with van der Waals surface area (Å²) >= 11 is 7.18. The molecule has 0 spiro atoms. The van der Waals surface area contributed by atoms with Gasteiger partial charge in [0.1, 0.15) is 18.0 Å². The second kappa shape index (κ2) is 9.09. The number of halogens is 2. The zero-order chi connectivity index (χ0) is 22.0.